The molecule has 3 aromatic heterocycles. The van der Waals surface area contributed by atoms with Crippen LogP contribution in [0.4, 0.5) is 17.3 Å². The van der Waals surface area contributed by atoms with E-state index in [0.29, 0.717) is 28.5 Å². The van der Waals surface area contributed by atoms with E-state index in [4.69, 9.17) is 4.98 Å². The van der Waals surface area contributed by atoms with Crippen molar-refractivity contribution in [2.45, 2.75) is 38.3 Å². The molecule has 0 spiro atoms. The first kappa shape index (κ1) is 23.6. The number of rotatable bonds is 6. The van der Waals surface area contributed by atoms with Crippen molar-refractivity contribution >= 4 is 28.4 Å². The number of nitrogens with one attached hydrogen (secondary N) is 1. The normalized spacial score (nSPS) is 16.9. The van der Waals surface area contributed by atoms with Crippen molar-refractivity contribution in [1.29, 1.82) is 0 Å². The number of piperazine rings is 1. The Hall–Kier alpha value is -3.76. The number of likely N-dealkylation sites (N-methyl/N-ethyl adjacent to an activating group) is 1. The van der Waals surface area contributed by atoms with Gasteiger partial charge < -0.3 is 20.2 Å². The maximum atomic E-state index is 13.3. The molecule has 10 nitrogen and oxygen atoms in total. The average Bonchev–Trinajstić information content (AvgIpc) is 3.68. The molecule has 0 amide bonds. The van der Waals surface area contributed by atoms with Crippen LogP contribution in [-0.2, 0) is 5.60 Å². The monoisotopic (exact) mass is 500 g/mol. The van der Waals surface area contributed by atoms with Crippen LogP contribution in [-0.4, -0.2) is 67.5 Å². The summed E-state index contributed by atoms with van der Waals surface area (Å²) in [7, 11) is 2.15. The maximum absolute atomic E-state index is 13.3. The van der Waals surface area contributed by atoms with Gasteiger partial charge in [0.2, 0.25) is 5.95 Å². The number of hydrogen-bond donors (Lipinski definition) is 2. The third-order valence-corrected chi connectivity index (χ3v) is 7.09. The van der Waals surface area contributed by atoms with E-state index in [-0.39, 0.29) is 11.6 Å². The molecular weight excluding hydrogens is 468 g/mol. The summed E-state index contributed by atoms with van der Waals surface area (Å²) >= 11 is 0. The SMILES string of the molecule is CN1CCN(c2ccc(Nc3ncc4c(=O)n(C5CC5)n(-c5cccc(C(C)(C)O)n5)c4n3)cc2)CC1. The van der Waals surface area contributed by atoms with Crippen LogP contribution < -0.4 is 15.8 Å². The summed E-state index contributed by atoms with van der Waals surface area (Å²) < 4.78 is 3.50. The topological polar surface area (TPSA) is 104 Å². The van der Waals surface area contributed by atoms with Crippen molar-refractivity contribution in [2.24, 2.45) is 0 Å². The summed E-state index contributed by atoms with van der Waals surface area (Å²) in [5.41, 5.74) is 1.84. The molecule has 1 aliphatic carbocycles. The quantitative estimate of drug-likeness (QED) is 0.416. The van der Waals surface area contributed by atoms with Gasteiger partial charge in [0.1, 0.15) is 11.0 Å². The lowest BCUT2D eigenvalue weighted by Crippen LogP contribution is -2.44. The van der Waals surface area contributed by atoms with Crippen molar-refractivity contribution in [2.75, 3.05) is 43.4 Å². The number of benzene rings is 1. The third kappa shape index (κ3) is 4.58. The number of anilines is 3. The fourth-order valence-corrected chi connectivity index (χ4v) is 4.76. The van der Waals surface area contributed by atoms with E-state index in [9.17, 15) is 9.90 Å². The first-order valence-electron chi connectivity index (χ1n) is 12.8. The van der Waals surface area contributed by atoms with Crippen molar-refractivity contribution < 1.29 is 5.11 Å². The average molecular weight is 501 g/mol. The van der Waals surface area contributed by atoms with E-state index in [1.165, 1.54) is 5.69 Å². The number of pyridine rings is 1. The molecule has 0 bridgehead atoms. The van der Waals surface area contributed by atoms with Crippen LogP contribution in [0.15, 0.2) is 53.5 Å². The lowest BCUT2D eigenvalue weighted by atomic mass is 10.1. The van der Waals surface area contributed by atoms with E-state index >= 15 is 0 Å². The fraction of sp³-hybridized carbons (Fsp3) is 0.407. The Balaban J connectivity index is 1.35. The molecule has 2 aliphatic rings. The summed E-state index contributed by atoms with van der Waals surface area (Å²) in [6, 6.07) is 13.8. The highest BCUT2D eigenvalue weighted by atomic mass is 16.3. The second-order valence-corrected chi connectivity index (χ2v) is 10.5. The van der Waals surface area contributed by atoms with Gasteiger partial charge in [-0.2, -0.15) is 4.98 Å². The van der Waals surface area contributed by atoms with Crippen LogP contribution in [0.1, 0.15) is 38.4 Å². The van der Waals surface area contributed by atoms with Crippen molar-refractivity contribution in [3.8, 4) is 5.82 Å². The number of aliphatic hydroxyl groups is 1. The van der Waals surface area contributed by atoms with Gasteiger partial charge in [0, 0.05) is 43.8 Å². The minimum Gasteiger partial charge on any atom is -0.384 e. The number of hydrogen-bond acceptors (Lipinski definition) is 8. The van der Waals surface area contributed by atoms with E-state index < -0.39 is 5.60 Å². The molecule has 0 radical (unpaired) electrons. The third-order valence-electron chi connectivity index (χ3n) is 7.09. The first-order valence-corrected chi connectivity index (χ1v) is 12.8. The van der Waals surface area contributed by atoms with Crippen LogP contribution in [0.5, 0.6) is 0 Å². The van der Waals surface area contributed by atoms with E-state index in [1.807, 2.05) is 24.3 Å². The van der Waals surface area contributed by atoms with Crippen LogP contribution in [0.3, 0.4) is 0 Å². The molecule has 192 valence electrons. The highest BCUT2D eigenvalue weighted by molar-refractivity contribution is 5.77. The Kier molecular flexibility index (Phi) is 5.73. The van der Waals surface area contributed by atoms with Crippen LogP contribution >= 0.6 is 0 Å². The Morgan fingerprint density at radius 3 is 2.41 bits per heavy atom. The van der Waals surface area contributed by atoms with Crippen molar-refractivity contribution in [1.82, 2.24) is 29.2 Å². The number of fused-ring (bicyclic) bond motifs is 1. The predicted octanol–water partition coefficient (Wildman–Crippen LogP) is 3.03. The molecule has 1 aromatic carbocycles. The lowest BCUT2D eigenvalue weighted by Gasteiger charge is -2.34. The van der Waals surface area contributed by atoms with Crippen LogP contribution in [0, 0.1) is 0 Å². The molecule has 0 atom stereocenters. The fourth-order valence-electron chi connectivity index (χ4n) is 4.76. The minimum absolute atomic E-state index is 0.104. The van der Waals surface area contributed by atoms with Gasteiger partial charge >= 0.3 is 0 Å². The Labute approximate surface area is 215 Å². The van der Waals surface area contributed by atoms with Gasteiger partial charge in [0.25, 0.3) is 5.56 Å². The molecular formula is C27H32N8O2. The molecule has 4 aromatic rings. The summed E-state index contributed by atoms with van der Waals surface area (Å²) in [6.07, 6.45) is 3.44. The predicted molar refractivity (Wildman–Crippen MR) is 144 cm³/mol. The smallest absolute Gasteiger partial charge is 0.278 e. The molecule has 1 aliphatic heterocycles. The van der Waals surface area contributed by atoms with Gasteiger partial charge in [0.15, 0.2) is 11.5 Å². The first-order chi connectivity index (χ1) is 17.8. The second-order valence-electron chi connectivity index (χ2n) is 10.5. The molecule has 0 unspecified atom stereocenters. The molecule has 1 saturated heterocycles. The summed E-state index contributed by atoms with van der Waals surface area (Å²) in [6.45, 7) is 7.54. The summed E-state index contributed by atoms with van der Waals surface area (Å²) in [5, 5.41) is 14.2. The van der Waals surface area contributed by atoms with Crippen LogP contribution in [0.2, 0.25) is 0 Å². The van der Waals surface area contributed by atoms with Gasteiger partial charge in [-0.3, -0.25) is 4.79 Å². The zero-order valence-corrected chi connectivity index (χ0v) is 21.4. The lowest BCUT2D eigenvalue weighted by molar-refractivity contribution is 0.0738. The number of aromatic nitrogens is 5. The summed E-state index contributed by atoms with van der Waals surface area (Å²) in [5.74, 6) is 0.944. The number of nitrogens with zero attached hydrogens (tertiary/aromatic N) is 7. The van der Waals surface area contributed by atoms with Gasteiger partial charge in [-0.25, -0.2) is 19.3 Å². The second kappa shape index (κ2) is 8.97. The molecule has 10 heteroatoms. The Morgan fingerprint density at radius 2 is 1.73 bits per heavy atom. The van der Waals surface area contributed by atoms with Gasteiger partial charge in [-0.1, -0.05) is 6.07 Å². The molecule has 6 rings (SSSR count). The highest BCUT2D eigenvalue weighted by Gasteiger charge is 2.31. The largest absolute Gasteiger partial charge is 0.384 e. The van der Waals surface area contributed by atoms with E-state index in [2.05, 4.69) is 44.3 Å². The van der Waals surface area contributed by atoms with E-state index in [1.54, 1.807) is 35.5 Å². The zero-order valence-electron chi connectivity index (χ0n) is 21.4. The van der Waals surface area contributed by atoms with Gasteiger partial charge in [-0.05, 0) is 70.1 Å². The maximum Gasteiger partial charge on any atom is 0.278 e. The van der Waals surface area contributed by atoms with Crippen LogP contribution in [0.25, 0.3) is 16.9 Å². The van der Waals surface area contributed by atoms with Gasteiger partial charge in [-0.15, -0.1) is 0 Å². The molecule has 2 fully saturated rings. The van der Waals surface area contributed by atoms with Gasteiger partial charge in [0.05, 0.1) is 11.7 Å². The molecule has 4 heterocycles. The van der Waals surface area contributed by atoms with Crippen molar-refractivity contribution in [3.05, 3.63) is 64.7 Å². The molecule has 1 saturated carbocycles. The standard InChI is InChI=1S/C27H32N8O2/c1-27(2,37)22-5-4-6-23(30-22)35-24-21(25(36)34(35)20-11-12-20)17-28-26(31-24)29-18-7-9-19(10-8-18)33-15-13-32(3)14-16-33/h4-10,17,20,37H,11-16H2,1-3H3,(H,28,29,31). The Bertz CT molecular complexity index is 1490. The molecule has 37 heavy (non-hydrogen) atoms. The Morgan fingerprint density at radius 1 is 1.00 bits per heavy atom. The highest BCUT2D eigenvalue weighted by Crippen LogP contribution is 2.35. The minimum atomic E-state index is -1.11. The molecule has 2 N–H and O–H groups in total. The van der Waals surface area contributed by atoms with E-state index in [0.717, 1.165) is 44.7 Å². The van der Waals surface area contributed by atoms with Crippen molar-refractivity contribution in [3.63, 3.8) is 0 Å². The summed E-state index contributed by atoms with van der Waals surface area (Å²) in [4.78, 5) is 31.9. The zero-order chi connectivity index (χ0) is 25.7.